The first kappa shape index (κ1) is 11.2. The summed E-state index contributed by atoms with van der Waals surface area (Å²) >= 11 is 3.65. The summed E-state index contributed by atoms with van der Waals surface area (Å²) in [6.45, 7) is -0.536. The Bertz CT molecular complexity index is 186. The first-order chi connectivity index (χ1) is 5.91. The smallest absolute Gasteiger partial charge is 0.228 e. The van der Waals surface area contributed by atoms with Gasteiger partial charge in [-0.1, -0.05) is 0 Å². The minimum absolute atomic E-state index is 0.536. The highest BCUT2D eigenvalue weighted by molar-refractivity contribution is 7.80. The second kappa shape index (κ2) is 3.70. The summed E-state index contributed by atoms with van der Waals surface area (Å²) in [5, 5.41) is 45.4. The highest BCUT2D eigenvalue weighted by Gasteiger charge is 2.52. The van der Waals surface area contributed by atoms with E-state index >= 15 is 0 Å². The van der Waals surface area contributed by atoms with E-state index < -0.39 is 36.1 Å². The van der Waals surface area contributed by atoms with Crippen LogP contribution in [0, 0.1) is 0 Å². The Kier molecular flexibility index (Phi) is 3.18. The van der Waals surface area contributed by atoms with Crippen molar-refractivity contribution in [2.24, 2.45) is 0 Å². The lowest BCUT2D eigenvalue weighted by atomic mass is 9.97. The molecule has 1 heterocycles. The van der Waals surface area contributed by atoms with Gasteiger partial charge in [0.1, 0.15) is 18.3 Å². The lowest BCUT2D eigenvalue weighted by Gasteiger charge is -2.43. The molecule has 0 aromatic carbocycles. The number of ether oxygens (including phenoxy) is 1. The molecule has 1 fully saturated rings. The number of hydrogen-bond acceptors (Lipinski definition) is 7. The Morgan fingerprint density at radius 3 is 2.31 bits per heavy atom. The van der Waals surface area contributed by atoms with E-state index in [4.69, 9.17) is 20.1 Å². The maximum atomic E-state index is 9.20. The molecule has 0 spiro atoms. The molecular formula is C6H12O6S. The summed E-state index contributed by atoms with van der Waals surface area (Å²) in [7, 11) is 0. The van der Waals surface area contributed by atoms with E-state index in [0.29, 0.717) is 0 Å². The fourth-order valence-electron chi connectivity index (χ4n) is 1.10. The van der Waals surface area contributed by atoms with Crippen molar-refractivity contribution in [1.82, 2.24) is 0 Å². The molecule has 1 rings (SSSR count). The Labute approximate surface area is 79.8 Å². The summed E-state index contributed by atoms with van der Waals surface area (Å²) < 4.78 is 4.74. The second-order valence-corrected chi connectivity index (χ2v) is 3.40. The maximum absolute atomic E-state index is 9.20. The van der Waals surface area contributed by atoms with Crippen LogP contribution in [-0.2, 0) is 4.74 Å². The van der Waals surface area contributed by atoms with Gasteiger partial charge in [0.2, 0.25) is 5.79 Å². The SMILES string of the molecule is OCC1O[C@@H](S)C(O)(O)C(O)[C@@H]1O. The van der Waals surface area contributed by atoms with Crippen LogP contribution < -0.4 is 0 Å². The van der Waals surface area contributed by atoms with Crippen LogP contribution in [0.4, 0.5) is 0 Å². The van der Waals surface area contributed by atoms with Gasteiger partial charge in [-0.2, -0.15) is 0 Å². The fourth-order valence-corrected chi connectivity index (χ4v) is 1.41. The largest absolute Gasteiger partial charge is 0.394 e. The quantitative estimate of drug-likeness (QED) is 0.205. The average Bonchev–Trinajstić information content (AvgIpc) is 2.09. The zero-order chi connectivity index (χ0) is 10.2. The summed E-state index contributed by atoms with van der Waals surface area (Å²) in [6.07, 6.45) is -4.44. The first-order valence-electron chi connectivity index (χ1n) is 3.66. The van der Waals surface area contributed by atoms with Crippen molar-refractivity contribution in [2.45, 2.75) is 29.5 Å². The average molecular weight is 212 g/mol. The molecule has 1 aliphatic heterocycles. The van der Waals surface area contributed by atoms with Gasteiger partial charge >= 0.3 is 0 Å². The van der Waals surface area contributed by atoms with E-state index in [-0.39, 0.29) is 0 Å². The molecule has 1 aliphatic rings. The topological polar surface area (TPSA) is 110 Å². The molecule has 0 saturated carbocycles. The Morgan fingerprint density at radius 1 is 1.31 bits per heavy atom. The van der Waals surface area contributed by atoms with Crippen LogP contribution in [0.25, 0.3) is 0 Å². The van der Waals surface area contributed by atoms with E-state index in [1.54, 1.807) is 0 Å². The summed E-state index contributed by atoms with van der Waals surface area (Å²) in [5.74, 6) is -2.62. The van der Waals surface area contributed by atoms with Gasteiger partial charge in [0, 0.05) is 0 Å². The predicted molar refractivity (Wildman–Crippen MR) is 43.9 cm³/mol. The van der Waals surface area contributed by atoms with Gasteiger partial charge in [0.25, 0.3) is 0 Å². The number of aliphatic hydroxyl groups is 5. The molecular weight excluding hydrogens is 200 g/mol. The molecule has 0 aliphatic carbocycles. The third-order valence-electron chi connectivity index (χ3n) is 1.99. The molecule has 1 saturated heterocycles. The van der Waals surface area contributed by atoms with Crippen molar-refractivity contribution >= 4 is 12.6 Å². The van der Waals surface area contributed by atoms with Crippen LogP contribution >= 0.6 is 12.6 Å². The van der Waals surface area contributed by atoms with Gasteiger partial charge in [0.05, 0.1) is 6.61 Å². The van der Waals surface area contributed by atoms with Gasteiger partial charge < -0.3 is 30.3 Å². The molecule has 0 aromatic heterocycles. The lowest BCUT2D eigenvalue weighted by molar-refractivity contribution is -0.329. The van der Waals surface area contributed by atoms with Crippen LogP contribution in [0.2, 0.25) is 0 Å². The molecule has 13 heavy (non-hydrogen) atoms. The van der Waals surface area contributed by atoms with E-state index in [9.17, 15) is 10.2 Å². The Balaban J connectivity index is 2.79. The second-order valence-electron chi connectivity index (χ2n) is 2.93. The Morgan fingerprint density at radius 2 is 1.85 bits per heavy atom. The molecule has 0 bridgehead atoms. The van der Waals surface area contributed by atoms with Gasteiger partial charge in [-0.3, -0.25) is 0 Å². The summed E-state index contributed by atoms with van der Waals surface area (Å²) in [4.78, 5) is 0. The zero-order valence-electron chi connectivity index (χ0n) is 6.61. The summed E-state index contributed by atoms with van der Waals surface area (Å²) in [5.41, 5.74) is -1.37. The van der Waals surface area contributed by atoms with Crippen LogP contribution in [0.1, 0.15) is 0 Å². The fraction of sp³-hybridized carbons (Fsp3) is 1.00. The minimum Gasteiger partial charge on any atom is -0.394 e. The van der Waals surface area contributed by atoms with E-state index in [0.717, 1.165) is 0 Å². The number of rotatable bonds is 1. The molecule has 0 amide bonds. The van der Waals surface area contributed by atoms with Gasteiger partial charge in [0.15, 0.2) is 5.44 Å². The van der Waals surface area contributed by atoms with E-state index in [2.05, 4.69) is 12.6 Å². The molecule has 4 atom stereocenters. The van der Waals surface area contributed by atoms with Crippen molar-refractivity contribution < 1.29 is 30.3 Å². The van der Waals surface area contributed by atoms with Crippen LogP contribution in [0.5, 0.6) is 0 Å². The van der Waals surface area contributed by atoms with Crippen LogP contribution in [0.3, 0.4) is 0 Å². The zero-order valence-corrected chi connectivity index (χ0v) is 7.50. The monoisotopic (exact) mass is 212 g/mol. The molecule has 0 aromatic rings. The Hall–Kier alpha value is 0.110. The minimum atomic E-state index is -2.62. The lowest BCUT2D eigenvalue weighted by Crippen LogP contribution is -2.65. The third-order valence-corrected chi connectivity index (χ3v) is 2.49. The molecule has 0 radical (unpaired) electrons. The van der Waals surface area contributed by atoms with Crippen molar-refractivity contribution in [3.05, 3.63) is 0 Å². The van der Waals surface area contributed by atoms with Crippen molar-refractivity contribution in [3.63, 3.8) is 0 Å². The number of aliphatic hydroxyl groups excluding tert-OH is 3. The molecule has 6 nitrogen and oxygen atoms in total. The standard InChI is InChI=1S/C6H12O6S/c7-1-2-3(8)4(9)6(10,11)5(13)12-2/h2-5,7-11,13H,1H2/t2?,3-,4?,5+/m1/s1. The third kappa shape index (κ3) is 1.82. The van der Waals surface area contributed by atoms with E-state index in [1.165, 1.54) is 0 Å². The van der Waals surface area contributed by atoms with Gasteiger partial charge in [-0.05, 0) is 0 Å². The highest BCUT2D eigenvalue weighted by atomic mass is 32.1. The first-order valence-corrected chi connectivity index (χ1v) is 4.18. The maximum Gasteiger partial charge on any atom is 0.228 e. The summed E-state index contributed by atoms with van der Waals surface area (Å²) in [6, 6.07) is 0. The molecule has 78 valence electrons. The number of thiol groups is 1. The normalized spacial score (nSPS) is 44.8. The molecule has 7 heteroatoms. The highest BCUT2D eigenvalue weighted by Crippen LogP contribution is 2.29. The van der Waals surface area contributed by atoms with Crippen molar-refractivity contribution in [2.75, 3.05) is 6.61 Å². The van der Waals surface area contributed by atoms with E-state index in [1.807, 2.05) is 0 Å². The van der Waals surface area contributed by atoms with Crippen LogP contribution in [-0.4, -0.2) is 61.7 Å². The van der Waals surface area contributed by atoms with Gasteiger partial charge in [-0.15, -0.1) is 12.6 Å². The van der Waals surface area contributed by atoms with Gasteiger partial charge in [-0.25, -0.2) is 0 Å². The van der Waals surface area contributed by atoms with Crippen LogP contribution in [0.15, 0.2) is 0 Å². The number of hydrogen-bond donors (Lipinski definition) is 6. The molecule has 5 N–H and O–H groups in total. The predicted octanol–water partition coefficient (Wildman–Crippen LogP) is -2.96. The molecule has 2 unspecified atom stereocenters. The van der Waals surface area contributed by atoms with Crippen molar-refractivity contribution in [1.29, 1.82) is 0 Å². The van der Waals surface area contributed by atoms with Crippen molar-refractivity contribution in [3.8, 4) is 0 Å².